The Bertz CT molecular complexity index is 543. The fraction of sp³-hybridized carbons (Fsp3) is 0.357. The van der Waals surface area contributed by atoms with Gasteiger partial charge in [-0.25, -0.2) is 0 Å². The second kappa shape index (κ2) is 7.69. The third-order valence-electron chi connectivity index (χ3n) is 3.18. The summed E-state index contributed by atoms with van der Waals surface area (Å²) in [7, 11) is 1.96. The molecule has 3 N–H and O–H groups in total. The van der Waals surface area contributed by atoms with Gasteiger partial charge in [0.2, 0.25) is 0 Å². The lowest BCUT2D eigenvalue weighted by Crippen LogP contribution is -2.37. The fourth-order valence-corrected chi connectivity index (χ4v) is 3.26. The van der Waals surface area contributed by atoms with E-state index in [1.165, 1.54) is 5.69 Å². The first-order chi connectivity index (χ1) is 9.70. The van der Waals surface area contributed by atoms with Crippen LogP contribution in [0.4, 0.5) is 0 Å². The molecular formula is C14H19ClN4S. The SMILES string of the molecule is Cn1nccc1CCC(CSc1ccccc1Cl)NN. The van der Waals surface area contributed by atoms with E-state index in [9.17, 15) is 0 Å². The molecule has 0 aliphatic heterocycles. The van der Waals surface area contributed by atoms with E-state index in [2.05, 4.69) is 10.5 Å². The molecular weight excluding hydrogens is 292 g/mol. The maximum atomic E-state index is 6.15. The van der Waals surface area contributed by atoms with E-state index in [0.29, 0.717) is 0 Å². The number of nitrogens with zero attached hydrogens (tertiary/aromatic N) is 2. The number of hydrogen-bond acceptors (Lipinski definition) is 4. The van der Waals surface area contributed by atoms with E-state index in [4.69, 9.17) is 17.4 Å². The lowest BCUT2D eigenvalue weighted by Gasteiger charge is -2.15. The molecule has 0 fully saturated rings. The summed E-state index contributed by atoms with van der Waals surface area (Å²) < 4.78 is 1.90. The Labute approximate surface area is 128 Å². The molecule has 1 heterocycles. The molecule has 0 radical (unpaired) electrons. The molecule has 0 bridgehead atoms. The summed E-state index contributed by atoms with van der Waals surface area (Å²) in [6, 6.07) is 10.1. The standard InChI is InChI=1S/C14H19ClN4S/c1-19-12(8-9-17-19)7-6-11(18-16)10-20-14-5-3-2-4-13(14)15/h2-5,8-9,11,18H,6-7,10,16H2,1H3. The molecule has 0 saturated carbocycles. The summed E-state index contributed by atoms with van der Waals surface area (Å²) in [5, 5.41) is 4.96. The molecule has 20 heavy (non-hydrogen) atoms. The van der Waals surface area contributed by atoms with E-state index in [1.54, 1.807) is 11.8 Å². The van der Waals surface area contributed by atoms with Crippen LogP contribution in [0, 0.1) is 0 Å². The number of hydrogen-bond donors (Lipinski definition) is 2. The minimum absolute atomic E-state index is 0.242. The molecule has 1 unspecified atom stereocenters. The number of nitrogens with one attached hydrogen (secondary N) is 1. The van der Waals surface area contributed by atoms with Gasteiger partial charge in [-0.2, -0.15) is 5.10 Å². The first-order valence-corrected chi connectivity index (χ1v) is 7.87. The Morgan fingerprint density at radius 2 is 2.20 bits per heavy atom. The van der Waals surface area contributed by atoms with Crippen LogP contribution < -0.4 is 11.3 Å². The summed E-state index contributed by atoms with van der Waals surface area (Å²) in [6.07, 6.45) is 3.74. The van der Waals surface area contributed by atoms with Crippen molar-refractivity contribution in [2.75, 3.05) is 5.75 Å². The minimum atomic E-state index is 0.242. The second-order valence-corrected chi connectivity index (χ2v) is 6.06. The number of aromatic nitrogens is 2. The van der Waals surface area contributed by atoms with Crippen molar-refractivity contribution in [2.24, 2.45) is 12.9 Å². The van der Waals surface area contributed by atoms with Crippen molar-refractivity contribution in [3.63, 3.8) is 0 Å². The van der Waals surface area contributed by atoms with Crippen LogP contribution in [0.25, 0.3) is 0 Å². The van der Waals surface area contributed by atoms with Crippen LogP contribution in [0.5, 0.6) is 0 Å². The van der Waals surface area contributed by atoms with Gasteiger partial charge >= 0.3 is 0 Å². The molecule has 2 aromatic rings. The Morgan fingerprint density at radius 3 is 2.85 bits per heavy atom. The summed E-state index contributed by atoms with van der Waals surface area (Å²) in [4.78, 5) is 1.09. The Balaban J connectivity index is 1.84. The topological polar surface area (TPSA) is 55.9 Å². The normalized spacial score (nSPS) is 12.6. The van der Waals surface area contributed by atoms with Gasteiger partial charge in [-0.3, -0.25) is 16.0 Å². The van der Waals surface area contributed by atoms with Gasteiger partial charge in [-0.1, -0.05) is 23.7 Å². The van der Waals surface area contributed by atoms with Crippen molar-refractivity contribution in [1.29, 1.82) is 0 Å². The van der Waals surface area contributed by atoms with Gasteiger partial charge in [0.25, 0.3) is 0 Å². The number of halogens is 1. The monoisotopic (exact) mass is 310 g/mol. The largest absolute Gasteiger partial charge is 0.273 e. The summed E-state index contributed by atoms with van der Waals surface area (Å²) in [6.45, 7) is 0. The zero-order valence-electron chi connectivity index (χ0n) is 11.4. The second-order valence-electron chi connectivity index (χ2n) is 4.59. The fourth-order valence-electron chi connectivity index (χ4n) is 1.94. The van der Waals surface area contributed by atoms with Gasteiger partial charge in [0.1, 0.15) is 0 Å². The Kier molecular flexibility index (Phi) is 5.91. The van der Waals surface area contributed by atoms with E-state index in [0.717, 1.165) is 28.5 Å². The number of benzene rings is 1. The highest BCUT2D eigenvalue weighted by Gasteiger charge is 2.10. The van der Waals surface area contributed by atoms with Crippen molar-refractivity contribution in [1.82, 2.24) is 15.2 Å². The molecule has 0 aliphatic carbocycles. The van der Waals surface area contributed by atoms with Crippen LogP contribution >= 0.6 is 23.4 Å². The summed E-state index contributed by atoms with van der Waals surface area (Å²) in [5.41, 5.74) is 4.10. The number of aryl methyl sites for hydroxylation is 2. The molecule has 0 amide bonds. The van der Waals surface area contributed by atoms with E-state index >= 15 is 0 Å². The molecule has 1 aromatic carbocycles. The van der Waals surface area contributed by atoms with Crippen molar-refractivity contribution in [3.05, 3.63) is 47.2 Å². The van der Waals surface area contributed by atoms with E-state index in [-0.39, 0.29) is 6.04 Å². The Morgan fingerprint density at radius 1 is 1.40 bits per heavy atom. The third kappa shape index (κ3) is 4.24. The minimum Gasteiger partial charge on any atom is -0.273 e. The molecule has 2 rings (SSSR count). The Hall–Kier alpha value is -1.01. The predicted octanol–water partition coefficient (Wildman–Crippen LogP) is 2.63. The average Bonchev–Trinajstić information content (AvgIpc) is 2.86. The van der Waals surface area contributed by atoms with Crippen LogP contribution in [0.1, 0.15) is 12.1 Å². The van der Waals surface area contributed by atoms with Crippen LogP contribution in [-0.4, -0.2) is 21.6 Å². The van der Waals surface area contributed by atoms with Crippen molar-refractivity contribution in [3.8, 4) is 0 Å². The van der Waals surface area contributed by atoms with Gasteiger partial charge in [0.15, 0.2) is 0 Å². The predicted molar refractivity (Wildman–Crippen MR) is 84.8 cm³/mol. The van der Waals surface area contributed by atoms with Crippen LogP contribution in [-0.2, 0) is 13.5 Å². The maximum Gasteiger partial charge on any atom is 0.0541 e. The number of thioether (sulfide) groups is 1. The van der Waals surface area contributed by atoms with Gasteiger partial charge in [-0.15, -0.1) is 11.8 Å². The molecule has 6 heteroatoms. The summed E-state index contributed by atoms with van der Waals surface area (Å²) >= 11 is 7.87. The maximum absolute atomic E-state index is 6.15. The van der Waals surface area contributed by atoms with Gasteiger partial charge in [0.05, 0.1) is 5.02 Å². The first kappa shape index (κ1) is 15.4. The number of hydrazine groups is 1. The molecule has 0 aliphatic rings. The van der Waals surface area contributed by atoms with Crippen molar-refractivity contribution in [2.45, 2.75) is 23.8 Å². The molecule has 108 valence electrons. The quantitative estimate of drug-likeness (QED) is 0.469. The summed E-state index contributed by atoms with van der Waals surface area (Å²) in [5.74, 6) is 6.52. The molecule has 1 aromatic heterocycles. The lowest BCUT2D eigenvalue weighted by atomic mass is 10.1. The van der Waals surface area contributed by atoms with Crippen molar-refractivity contribution < 1.29 is 0 Å². The third-order valence-corrected chi connectivity index (χ3v) is 4.86. The zero-order chi connectivity index (χ0) is 14.4. The first-order valence-electron chi connectivity index (χ1n) is 6.51. The molecule has 1 atom stereocenters. The van der Waals surface area contributed by atoms with E-state index < -0.39 is 0 Å². The van der Waals surface area contributed by atoms with Crippen LogP contribution in [0.15, 0.2) is 41.4 Å². The van der Waals surface area contributed by atoms with Crippen LogP contribution in [0.3, 0.4) is 0 Å². The lowest BCUT2D eigenvalue weighted by molar-refractivity contribution is 0.528. The number of nitrogens with two attached hydrogens (primary N) is 1. The van der Waals surface area contributed by atoms with Gasteiger partial charge in [-0.05, 0) is 31.0 Å². The zero-order valence-corrected chi connectivity index (χ0v) is 13.0. The molecule has 0 spiro atoms. The smallest absolute Gasteiger partial charge is 0.0541 e. The molecule has 0 saturated heterocycles. The highest BCUT2D eigenvalue weighted by Crippen LogP contribution is 2.27. The molecule has 4 nitrogen and oxygen atoms in total. The van der Waals surface area contributed by atoms with Crippen LogP contribution in [0.2, 0.25) is 5.02 Å². The van der Waals surface area contributed by atoms with Crippen molar-refractivity contribution >= 4 is 23.4 Å². The van der Waals surface area contributed by atoms with Gasteiger partial charge < -0.3 is 0 Å². The average molecular weight is 311 g/mol. The highest BCUT2D eigenvalue weighted by atomic mass is 35.5. The highest BCUT2D eigenvalue weighted by molar-refractivity contribution is 7.99. The van der Waals surface area contributed by atoms with Gasteiger partial charge in [0, 0.05) is 35.6 Å². The number of rotatable bonds is 7. The van der Waals surface area contributed by atoms with E-state index in [1.807, 2.05) is 48.3 Å².